The Hall–Kier alpha value is -2.05. The Morgan fingerprint density at radius 1 is 1.53 bits per heavy atom. The fraction of sp³-hybridized carbons (Fsp3) is 0.583. The molecule has 1 aliphatic rings. The number of aromatic nitrogens is 2. The second-order valence-electron chi connectivity index (χ2n) is 4.62. The van der Waals surface area contributed by atoms with Gasteiger partial charge in [0.2, 0.25) is 0 Å². The van der Waals surface area contributed by atoms with Gasteiger partial charge in [-0.2, -0.15) is 0 Å². The third-order valence-electron chi connectivity index (χ3n) is 2.98. The number of carbonyl (C=O) groups excluding carboxylic acids is 1. The summed E-state index contributed by atoms with van der Waals surface area (Å²) in [4.78, 5) is 31.0. The summed E-state index contributed by atoms with van der Waals surface area (Å²) in [6.07, 6.45) is 6.77. The van der Waals surface area contributed by atoms with Gasteiger partial charge in [-0.05, 0) is 19.3 Å². The second kappa shape index (κ2) is 6.21. The van der Waals surface area contributed by atoms with Crippen molar-refractivity contribution in [3.05, 3.63) is 18.2 Å². The Balaban J connectivity index is 1.68. The van der Waals surface area contributed by atoms with Gasteiger partial charge in [0.1, 0.15) is 12.4 Å². The number of rotatable bonds is 7. The zero-order valence-corrected chi connectivity index (χ0v) is 10.6. The topological polar surface area (TPSA) is 98.3 Å². The number of carboxylic acid groups (broad SMARTS) is 1. The number of hydrogen-bond donors (Lipinski definition) is 3. The Labute approximate surface area is 111 Å². The van der Waals surface area contributed by atoms with Gasteiger partial charge in [0.25, 0.3) is 0 Å². The number of nitrogens with one attached hydrogen (secondary N) is 2. The number of aromatic amines is 1. The van der Waals surface area contributed by atoms with Crippen LogP contribution < -0.4 is 5.32 Å². The van der Waals surface area contributed by atoms with E-state index in [-0.39, 0.29) is 18.6 Å². The quantitative estimate of drug-likeness (QED) is 0.629. The van der Waals surface area contributed by atoms with Crippen molar-refractivity contribution in [2.75, 3.05) is 13.1 Å². The summed E-state index contributed by atoms with van der Waals surface area (Å²) in [5, 5.41) is 11.5. The first-order valence-corrected chi connectivity index (χ1v) is 6.41. The monoisotopic (exact) mass is 266 g/mol. The van der Waals surface area contributed by atoms with E-state index in [2.05, 4.69) is 15.3 Å². The van der Waals surface area contributed by atoms with Crippen molar-refractivity contribution in [2.24, 2.45) is 0 Å². The minimum absolute atomic E-state index is 0.0983. The van der Waals surface area contributed by atoms with Crippen LogP contribution in [-0.2, 0) is 11.2 Å². The van der Waals surface area contributed by atoms with Crippen LogP contribution in [0.15, 0.2) is 12.4 Å². The van der Waals surface area contributed by atoms with Crippen LogP contribution in [0.5, 0.6) is 0 Å². The van der Waals surface area contributed by atoms with Crippen LogP contribution in [-0.4, -0.2) is 51.1 Å². The summed E-state index contributed by atoms with van der Waals surface area (Å²) in [7, 11) is 0. The minimum atomic E-state index is -0.974. The summed E-state index contributed by atoms with van der Waals surface area (Å²) in [6.45, 7) is 0.289. The van der Waals surface area contributed by atoms with Gasteiger partial charge in [-0.3, -0.25) is 4.79 Å². The summed E-state index contributed by atoms with van der Waals surface area (Å²) in [6, 6.07) is -0.189. The average Bonchev–Trinajstić information content (AvgIpc) is 3.08. The lowest BCUT2D eigenvalue weighted by molar-refractivity contribution is -0.137. The molecule has 1 aromatic rings. The predicted molar refractivity (Wildman–Crippen MR) is 67.7 cm³/mol. The average molecular weight is 266 g/mol. The van der Waals surface area contributed by atoms with Crippen LogP contribution in [0.25, 0.3) is 0 Å². The molecule has 1 aromatic heterocycles. The first kappa shape index (κ1) is 13.4. The smallest absolute Gasteiger partial charge is 0.323 e. The first-order valence-electron chi connectivity index (χ1n) is 6.41. The molecule has 0 bridgehead atoms. The predicted octanol–water partition coefficient (Wildman–Crippen LogP) is 0.601. The number of carboxylic acids is 1. The molecule has 1 fully saturated rings. The lowest BCUT2D eigenvalue weighted by Gasteiger charge is -2.20. The highest BCUT2D eigenvalue weighted by molar-refractivity contribution is 5.80. The molecule has 1 aliphatic carbocycles. The number of nitrogens with zero attached hydrogens (tertiary/aromatic N) is 2. The Morgan fingerprint density at radius 3 is 2.89 bits per heavy atom. The van der Waals surface area contributed by atoms with Gasteiger partial charge in [-0.1, -0.05) is 0 Å². The van der Waals surface area contributed by atoms with Crippen molar-refractivity contribution < 1.29 is 14.7 Å². The fourth-order valence-corrected chi connectivity index (χ4v) is 1.89. The molecule has 1 saturated carbocycles. The molecule has 19 heavy (non-hydrogen) atoms. The van der Waals surface area contributed by atoms with Crippen LogP contribution in [0.2, 0.25) is 0 Å². The van der Waals surface area contributed by atoms with E-state index in [9.17, 15) is 9.59 Å². The molecule has 0 unspecified atom stereocenters. The number of carbonyl (C=O) groups is 2. The number of hydrogen-bond acceptors (Lipinski definition) is 3. The van der Waals surface area contributed by atoms with Gasteiger partial charge in [-0.25, -0.2) is 9.78 Å². The Bertz CT molecular complexity index is 428. The van der Waals surface area contributed by atoms with Gasteiger partial charge < -0.3 is 20.3 Å². The number of urea groups is 1. The Morgan fingerprint density at radius 2 is 2.32 bits per heavy atom. The molecular formula is C12H18N4O3. The standard InChI is InChI=1S/C12H18N4O3/c17-11(18)8-16(9-3-4-9)12(19)15-5-1-2-10-13-6-7-14-10/h6-7,9H,1-5,8H2,(H,13,14)(H,15,19)(H,17,18). The number of H-pyrrole nitrogens is 1. The molecule has 7 heteroatoms. The van der Waals surface area contributed by atoms with Gasteiger partial charge in [0.15, 0.2) is 0 Å². The molecule has 3 N–H and O–H groups in total. The number of amides is 2. The van der Waals surface area contributed by atoms with Crippen LogP contribution in [0.3, 0.4) is 0 Å². The third kappa shape index (κ3) is 4.27. The van der Waals surface area contributed by atoms with Gasteiger partial charge >= 0.3 is 12.0 Å². The van der Waals surface area contributed by atoms with Crippen molar-refractivity contribution >= 4 is 12.0 Å². The van der Waals surface area contributed by atoms with E-state index in [0.717, 1.165) is 31.5 Å². The molecular weight excluding hydrogens is 248 g/mol. The highest BCUT2D eigenvalue weighted by Gasteiger charge is 2.33. The number of aliphatic carboxylic acids is 1. The molecule has 2 amide bonds. The van der Waals surface area contributed by atoms with E-state index in [1.807, 2.05) is 0 Å². The molecule has 0 atom stereocenters. The molecule has 0 saturated heterocycles. The van der Waals surface area contributed by atoms with Crippen LogP contribution in [0.4, 0.5) is 4.79 Å². The van der Waals surface area contributed by atoms with Crippen molar-refractivity contribution in [3.8, 4) is 0 Å². The zero-order chi connectivity index (χ0) is 13.7. The molecule has 0 aromatic carbocycles. The Kier molecular flexibility index (Phi) is 4.38. The number of imidazole rings is 1. The number of aryl methyl sites for hydroxylation is 1. The highest BCUT2D eigenvalue weighted by Crippen LogP contribution is 2.26. The van der Waals surface area contributed by atoms with E-state index < -0.39 is 5.97 Å². The molecule has 0 spiro atoms. The van der Waals surface area contributed by atoms with Gasteiger partial charge in [0.05, 0.1) is 0 Å². The van der Waals surface area contributed by atoms with Crippen LogP contribution in [0.1, 0.15) is 25.1 Å². The maximum absolute atomic E-state index is 11.8. The lowest BCUT2D eigenvalue weighted by atomic mass is 10.3. The minimum Gasteiger partial charge on any atom is -0.480 e. The lowest BCUT2D eigenvalue weighted by Crippen LogP contribution is -2.44. The largest absolute Gasteiger partial charge is 0.480 e. The second-order valence-corrected chi connectivity index (χ2v) is 4.62. The molecule has 0 radical (unpaired) electrons. The normalized spacial score (nSPS) is 14.1. The third-order valence-corrected chi connectivity index (χ3v) is 2.98. The van der Waals surface area contributed by atoms with E-state index in [1.165, 1.54) is 4.90 Å². The van der Waals surface area contributed by atoms with Gasteiger partial charge in [0, 0.05) is 31.4 Å². The maximum atomic E-state index is 11.8. The van der Waals surface area contributed by atoms with E-state index in [1.54, 1.807) is 12.4 Å². The van der Waals surface area contributed by atoms with Crippen molar-refractivity contribution in [1.82, 2.24) is 20.2 Å². The summed E-state index contributed by atoms with van der Waals surface area (Å²) in [5.41, 5.74) is 0. The molecule has 104 valence electrons. The fourth-order valence-electron chi connectivity index (χ4n) is 1.89. The maximum Gasteiger partial charge on any atom is 0.323 e. The molecule has 0 aliphatic heterocycles. The van der Waals surface area contributed by atoms with E-state index in [0.29, 0.717) is 6.54 Å². The van der Waals surface area contributed by atoms with E-state index >= 15 is 0 Å². The van der Waals surface area contributed by atoms with E-state index in [4.69, 9.17) is 5.11 Å². The summed E-state index contributed by atoms with van der Waals surface area (Å²) < 4.78 is 0. The first-order chi connectivity index (χ1) is 9.16. The van der Waals surface area contributed by atoms with Crippen molar-refractivity contribution in [3.63, 3.8) is 0 Å². The SMILES string of the molecule is O=C(O)CN(C(=O)NCCCc1ncc[nH]1)C1CC1. The van der Waals surface area contributed by atoms with Crippen LogP contribution in [0, 0.1) is 0 Å². The molecule has 2 rings (SSSR count). The highest BCUT2D eigenvalue weighted by atomic mass is 16.4. The summed E-state index contributed by atoms with van der Waals surface area (Å²) in [5.74, 6) is -0.0866. The van der Waals surface area contributed by atoms with Crippen LogP contribution >= 0.6 is 0 Å². The molecule has 7 nitrogen and oxygen atoms in total. The summed E-state index contributed by atoms with van der Waals surface area (Å²) >= 11 is 0. The van der Waals surface area contributed by atoms with Crippen molar-refractivity contribution in [2.45, 2.75) is 31.7 Å². The zero-order valence-electron chi connectivity index (χ0n) is 10.6. The van der Waals surface area contributed by atoms with Gasteiger partial charge in [-0.15, -0.1) is 0 Å². The molecule has 1 heterocycles. The van der Waals surface area contributed by atoms with Crippen molar-refractivity contribution in [1.29, 1.82) is 0 Å².